The van der Waals surface area contributed by atoms with Gasteiger partial charge in [-0.1, -0.05) is 13.8 Å². The van der Waals surface area contributed by atoms with E-state index in [2.05, 4.69) is 41.5 Å². The summed E-state index contributed by atoms with van der Waals surface area (Å²) in [6.45, 7) is 9.82. The topological polar surface area (TPSA) is 52.0 Å². The van der Waals surface area contributed by atoms with Crippen LogP contribution in [0.5, 0.6) is 0 Å². The molecule has 0 atom stereocenters. The third-order valence-electron chi connectivity index (χ3n) is 3.23. The van der Waals surface area contributed by atoms with Crippen LogP contribution in [0.1, 0.15) is 46.0 Å². The maximum absolute atomic E-state index is 12.1. The Labute approximate surface area is 130 Å². The fraction of sp³-hybridized carbons (Fsp3) is 0.769. The molecule has 1 rings (SSSR count). The quantitative estimate of drug-likeness (QED) is 0.717. The van der Waals surface area contributed by atoms with Gasteiger partial charge in [0.15, 0.2) is 9.84 Å². The minimum Gasteiger partial charge on any atom is -0.267 e. The number of sulfone groups is 1. The molecule has 6 heteroatoms. The molecule has 0 unspecified atom stereocenters. The number of aromatic nitrogens is 2. The fourth-order valence-electron chi connectivity index (χ4n) is 1.79. The first-order chi connectivity index (χ1) is 8.64. The second kappa shape index (κ2) is 6.11. The third-order valence-corrected chi connectivity index (χ3v) is 7.07. The van der Waals surface area contributed by atoms with Gasteiger partial charge in [-0.15, -0.1) is 0 Å². The standard InChI is InChI=1S/C13H23IN2O2S/c1-6-10-12(14)11(7-2)16(15-10)8-9-19(17,18)13(3,4)5/h6-9H2,1-5H3. The highest BCUT2D eigenvalue weighted by Gasteiger charge is 2.29. The van der Waals surface area contributed by atoms with Gasteiger partial charge in [0.05, 0.1) is 32.0 Å². The van der Waals surface area contributed by atoms with Gasteiger partial charge in [-0.3, -0.25) is 4.68 Å². The van der Waals surface area contributed by atoms with Crippen LogP contribution >= 0.6 is 22.6 Å². The normalized spacial score (nSPS) is 12.9. The average molecular weight is 398 g/mol. The Bertz CT molecular complexity index is 542. The Morgan fingerprint density at radius 2 is 1.79 bits per heavy atom. The number of hydrogen-bond donors (Lipinski definition) is 0. The molecule has 1 heterocycles. The summed E-state index contributed by atoms with van der Waals surface area (Å²) in [5, 5.41) is 4.53. The molecular weight excluding hydrogens is 375 g/mol. The van der Waals surface area contributed by atoms with E-state index in [4.69, 9.17) is 0 Å². The van der Waals surface area contributed by atoms with Crippen molar-refractivity contribution in [1.29, 1.82) is 0 Å². The molecule has 19 heavy (non-hydrogen) atoms. The molecule has 0 N–H and O–H groups in total. The van der Waals surface area contributed by atoms with Crippen molar-refractivity contribution in [2.45, 2.75) is 58.8 Å². The molecule has 0 bridgehead atoms. The van der Waals surface area contributed by atoms with Crippen molar-refractivity contribution in [3.8, 4) is 0 Å². The van der Waals surface area contributed by atoms with E-state index in [1.54, 1.807) is 20.8 Å². The van der Waals surface area contributed by atoms with Crippen molar-refractivity contribution < 1.29 is 8.42 Å². The number of nitrogens with zero attached hydrogens (tertiary/aromatic N) is 2. The van der Waals surface area contributed by atoms with Crippen LogP contribution in [0.2, 0.25) is 0 Å². The van der Waals surface area contributed by atoms with Crippen molar-refractivity contribution in [2.24, 2.45) is 0 Å². The van der Waals surface area contributed by atoms with Crippen LogP contribution in [0.3, 0.4) is 0 Å². The predicted octanol–water partition coefficient (Wildman–Crippen LogP) is 2.83. The van der Waals surface area contributed by atoms with E-state index in [0.29, 0.717) is 6.54 Å². The summed E-state index contributed by atoms with van der Waals surface area (Å²) in [6.07, 6.45) is 1.76. The van der Waals surface area contributed by atoms with Gasteiger partial charge in [0, 0.05) is 0 Å². The smallest absolute Gasteiger partial charge is 0.157 e. The van der Waals surface area contributed by atoms with Gasteiger partial charge in [0.25, 0.3) is 0 Å². The van der Waals surface area contributed by atoms with Gasteiger partial charge in [-0.25, -0.2) is 8.42 Å². The van der Waals surface area contributed by atoms with Crippen LogP contribution in [0, 0.1) is 3.57 Å². The molecule has 1 aromatic heterocycles. The number of rotatable bonds is 5. The molecule has 0 aromatic carbocycles. The minimum absolute atomic E-state index is 0.143. The lowest BCUT2D eigenvalue weighted by Gasteiger charge is -2.19. The summed E-state index contributed by atoms with van der Waals surface area (Å²) in [7, 11) is -3.09. The first-order valence-electron chi connectivity index (χ1n) is 6.60. The van der Waals surface area contributed by atoms with Gasteiger partial charge in [0.2, 0.25) is 0 Å². The highest BCUT2D eigenvalue weighted by molar-refractivity contribution is 14.1. The first kappa shape index (κ1) is 16.9. The van der Waals surface area contributed by atoms with Crippen LogP contribution in [0.4, 0.5) is 0 Å². The summed E-state index contributed by atoms with van der Waals surface area (Å²) in [4.78, 5) is 0. The van der Waals surface area contributed by atoms with Gasteiger partial charge in [0.1, 0.15) is 0 Å². The number of halogens is 1. The summed E-state index contributed by atoms with van der Waals surface area (Å²) >= 11 is 2.31. The maximum Gasteiger partial charge on any atom is 0.157 e. The molecule has 0 aliphatic carbocycles. The average Bonchev–Trinajstić information content (AvgIpc) is 2.61. The molecule has 0 fully saturated rings. The lowest BCUT2D eigenvalue weighted by Crippen LogP contribution is -2.32. The molecule has 0 radical (unpaired) electrons. The lowest BCUT2D eigenvalue weighted by atomic mass is 10.2. The first-order valence-corrected chi connectivity index (χ1v) is 9.33. The van der Waals surface area contributed by atoms with Gasteiger partial charge in [-0.05, 0) is 56.2 Å². The van der Waals surface area contributed by atoms with E-state index in [-0.39, 0.29) is 5.75 Å². The Hall–Kier alpha value is -0.110. The molecule has 0 aliphatic rings. The second-order valence-electron chi connectivity index (χ2n) is 5.57. The zero-order valence-electron chi connectivity index (χ0n) is 12.3. The summed E-state index contributed by atoms with van der Waals surface area (Å²) < 4.78 is 26.6. The molecule has 0 aliphatic heterocycles. The van der Waals surface area contributed by atoms with Crippen molar-refractivity contribution in [3.05, 3.63) is 15.0 Å². The molecule has 1 aromatic rings. The Morgan fingerprint density at radius 3 is 2.21 bits per heavy atom. The van der Waals surface area contributed by atoms with E-state index in [9.17, 15) is 8.42 Å². The largest absolute Gasteiger partial charge is 0.267 e. The van der Waals surface area contributed by atoms with Gasteiger partial charge >= 0.3 is 0 Å². The highest BCUT2D eigenvalue weighted by atomic mass is 127. The van der Waals surface area contributed by atoms with Crippen LogP contribution in [-0.2, 0) is 29.2 Å². The van der Waals surface area contributed by atoms with Crippen molar-refractivity contribution >= 4 is 32.4 Å². The lowest BCUT2D eigenvalue weighted by molar-refractivity contribution is 0.543. The van der Waals surface area contributed by atoms with E-state index >= 15 is 0 Å². The molecular formula is C13H23IN2O2S. The van der Waals surface area contributed by atoms with Crippen molar-refractivity contribution in [3.63, 3.8) is 0 Å². The Morgan fingerprint density at radius 1 is 1.21 bits per heavy atom. The van der Waals surface area contributed by atoms with E-state index in [1.807, 2.05) is 4.68 Å². The van der Waals surface area contributed by atoms with Crippen molar-refractivity contribution in [1.82, 2.24) is 9.78 Å². The van der Waals surface area contributed by atoms with Crippen LogP contribution in [-0.4, -0.2) is 28.7 Å². The molecule has 0 spiro atoms. The van der Waals surface area contributed by atoms with Crippen LogP contribution in [0.25, 0.3) is 0 Å². The number of aryl methyl sites for hydroxylation is 2. The zero-order chi connectivity index (χ0) is 14.8. The van der Waals surface area contributed by atoms with Crippen molar-refractivity contribution in [2.75, 3.05) is 5.75 Å². The molecule has 110 valence electrons. The monoisotopic (exact) mass is 398 g/mol. The maximum atomic E-state index is 12.1. The Kier molecular flexibility index (Phi) is 5.45. The van der Waals surface area contributed by atoms with E-state index in [1.165, 1.54) is 3.57 Å². The summed E-state index contributed by atoms with van der Waals surface area (Å²) in [6, 6.07) is 0. The second-order valence-corrected chi connectivity index (χ2v) is 9.51. The van der Waals surface area contributed by atoms with Gasteiger partial charge < -0.3 is 0 Å². The molecule has 0 saturated heterocycles. The molecule has 0 amide bonds. The Balaban J connectivity index is 2.96. The minimum atomic E-state index is -3.09. The third kappa shape index (κ3) is 3.71. The molecule has 0 saturated carbocycles. The van der Waals surface area contributed by atoms with E-state index in [0.717, 1.165) is 24.2 Å². The van der Waals surface area contributed by atoms with Gasteiger partial charge in [-0.2, -0.15) is 5.10 Å². The predicted molar refractivity (Wildman–Crippen MR) is 87.2 cm³/mol. The van der Waals surface area contributed by atoms with Crippen LogP contribution < -0.4 is 0 Å². The number of hydrogen-bond acceptors (Lipinski definition) is 3. The zero-order valence-corrected chi connectivity index (χ0v) is 15.3. The van der Waals surface area contributed by atoms with Crippen LogP contribution in [0.15, 0.2) is 0 Å². The summed E-state index contributed by atoms with van der Waals surface area (Å²) in [5.74, 6) is 0.143. The fourth-order valence-corrected chi connectivity index (χ4v) is 3.97. The van der Waals surface area contributed by atoms with E-state index < -0.39 is 14.6 Å². The highest BCUT2D eigenvalue weighted by Crippen LogP contribution is 2.20. The summed E-state index contributed by atoms with van der Waals surface area (Å²) in [5.41, 5.74) is 2.20. The molecule has 4 nitrogen and oxygen atoms in total. The SMILES string of the molecule is CCc1nn(CCS(=O)(=O)C(C)(C)C)c(CC)c1I.